The lowest BCUT2D eigenvalue weighted by Gasteiger charge is -2.19. The van der Waals surface area contributed by atoms with Gasteiger partial charge in [-0.2, -0.15) is 0 Å². The Morgan fingerprint density at radius 1 is 1.00 bits per heavy atom. The minimum atomic E-state index is 0.770. The molecule has 6 nitrogen and oxygen atoms in total. The van der Waals surface area contributed by atoms with E-state index in [9.17, 15) is 0 Å². The lowest BCUT2D eigenvalue weighted by atomic mass is 10.3. The highest BCUT2D eigenvalue weighted by Crippen LogP contribution is 2.16. The second-order valence-electron chi connectivity index (χ2n) is 4.42. The molecule has 1 saturated heterocycles. The molecule has 0 saturated carbocycles. The van der Waals surface area contributed by atoms with Crippen LogP contribution in [0.5, 0.6) is 0 Å². The van der Waals surface area contributed by atoms with E-state index in [0.29, 0.717) is 0 Å². The molecular formula is C13H16N6. The molecule has 0 aliphatic carbocycles. The summed E-state index contributed by atoms with van der Waals surface area (Å²) < 4.78 is 0. The highest BCUT2D eigenvalue weighted by molar-refractivity contribution is 5.54. The first-order valence-electron chi connectivity index (χ1n) is 6.48. The number of anilines is 1. The van der Waals surface area contributed by atoms with Crippen molar-refractivity contribution < 1.29 is 0 Å². The van der Waals surface area contributed by atoms with Crippen LogP contribution in [0.25, 0.3) is 11.4 Å². The molecule has 2 aromatic heterocycles. The molecule has 0 bridgehead atoms. The standard InChI is InChI=1S/C13H16N6/c1-3-14-7-9-19(8-1)13-17-4-2-11(18-13)12-10-15-5-6-16-12/h2,4-6,10,14H,1,3,7-9H2. The zero-order valence-electron chi connectivity index (χ0n) is 10.7. The van der Waals surface area contributed by atoms with Gasteiger partial charge in [-0.3, -0.25) is 9.97 Å². The topological polar surface area (TPSA) is 66.8 Å². The summed E-state index contributed by atoms with van der Waals surface area (Å²) in [4.78, 5) is 19.5. The maximum absolute atomic E-state index is 4.59. The van der Waals surface area contributed by atoms with Gasteiger partial charge in [0.25, 0.3) is 0 Å². The van der Waals surface area contributed by atoms with Gasteiger partial charge in [0.05, 0.1) is 11.9 Å². The average molecular weight is 256 g/mol. The van der Waals surface area contributed by atoms with Crippen LogP contribution in [-0.4, -0.2) is 46.1 Å². The van der Waals surface area contributed by atoms with E-state index in [1.54, 1.807) is 24.8 Å². The second-order valence-corrected chi connectivity index (χ2v) is 4.42. The molecule has 0 radical (unpaired) electrons. The largest absolute Gasteiger partial charge is 0.339 e. The SMILES string of the molecule is c1cnc(-c2ccnc(N3CCCNCC3)n2)cn1. The third-order valence-corrected chi connectivity index (χ3v) is 3.09. The monoisotopic (exact) mass is 256 g/mol. The van der Waals surface area contributed by atoms with Crippen LogP contribution < -0.4 is 10.2 Å². The number of rotatable bonds is 2. The van der Waals surface area contributed by atoms with Crippen molar-refractivity contribution in [2.75, 3.05) is 31.1 Å². The van der Waals surface area contributed by atoms with E-state index >= 15 is 0 Å². The molecule has 1 aliphatic rings. The van der Waals surface area contributed by atoms with Gasteiger partial charge in [0, 0.05) is 38.2 Å². The van der Waals surface area contributed by atoms with Crippen LogP contribution in [0.4, 0.5) is 5.95 Å². The Labute approximate surface area is 111 Å². The summed E-state index contributed by atoms with van der Waals surface area (Å²) in [5.74, 6) is 0.770. The maximum Gasteiger partial charge on any atom is 0.225 e. The van der Waals surface area contributed by atoms with E-state index in [-0.39, 0.29) is 0 Å². The Morgan fingerprint density at radius 2 is 2.00 bits per heavy atom. The summed E-state index contributed by atoms with van der Waals surface area (Å²) in [5.41, 5.74) is 1.59. The molecule has 0 spiro atoms. The summed E-state index contributed by atoms with van der Waals surface area (Å²) in [7, 11) is 0. The number of nitrogens with one attached hydrogen (secondary N) is 1. The molecule has 1 fully saturated rings. The fraction of sp³-hybridized carbons (Fsp3) is 0.385. The van der Waals surface area contributed by atoms with Crippen LogP contribution in [0.3, 0.4) is 0 Å². The van der Waals surface area contributed by atoms with Crippen LogP contribution in [0.1, 0.15) is 6.42 Å². The molecule has 3 rings (SSSR count). The quantitative estimate of drug-likeness (QED) is 0.854. The molecule has 1 aliphatic heterocycles. The van der Waals surface area contributed by atoms with Crippen LogP contribution in [0.15, 0.2) is 30.9 Å². The summed E-state index contributed by atoms with van der Waals surface area (Å²) in [6, 6.07) is 1.86. The van der Waals surface area contributed by atoms with Crippen LogP contribution in [0, 0.1) is 0 Å². The zero-order chi connectivity index (χ0) is 12.9. The van der Waals surface area contributed by atoms with Gasteiger partial charge in [-0.05, 0) is 19.0 Å². The summed E-state index contributed by atoms with van der Waals surface area (Å²) in [6.07, 6.45) is 7.94. The molecule has 19 heavy (non-hydrogen) atoms. The molecule has 2 aromatic rings. The third-order valence-electron chi connectivity index (χ3n) is 3.09. The lowest BCUT2D eigenvalue weighted by molar-refractivity contribution is 0.724. The Hall–Kier alpha value is -2.08. The van der Waals surface area contributed by atoms with Crippen molar-refractivity contribution in [2.45, 2.75) is 6.42 Å². The first-order chi connectivity index (χ1) is 9.43. The van der Waals surface area contributed by atoms with Gasteiger partial charge in [-0.15, -0.1) is 0 Å². The van der Waals surface area contributed by atoms with Gasteiger partial charge in [0.15, 0.2) is 0 Å². The molecule has 6 heteroatoms. The molecule has 0 aromatic carbocycles. The predicted molar refractivity (Wildman–Crippen MR) is 72.8 cm³/mol. The van der Waals surface area contributed by atoms with Crippen molar-refractivity contribution >= 4 is 5.95 Å². The molecule has 0 atom stereocenters. The number of nitrogens with zero attached hydrogens (tertiary/aromatic N) is 5. The third kappa shape index (κ3) is 2.85. The van der Waals surface area contributed by atoms with Crippen molar-refractivity contribution in [3.05, 3.63) is 30.9 Å². The van der Waals surface area contributed by atoms with E-state index in [2.05, 4.69) is 30.2 Å². The second kappa shape index (κ2) is 5.71. The van der Waals surface area contributed by atoms with Crippen molar-refractivity contribution in [1.82, 2.24) is 25.3 Å². The number of hydrogen-bond donors (Lipinski definition) is 1. The number of aromatic nitrogens is 4. The van der Waals surface area contributed by atoms with Crippen LogP contribution in [0.2, 0.25) is 0 Å². The molecular weight excluding hydrogens is 240 g/mol. The fourth-order valence-corrected chi connectivity index (χ4v) is 2.12. The summed E-state index contributed by atoms with van der Waals surface area (Å²) in [6.45, 7) is 3.94. The summed E-state index contributed by atoms with van der Waals surface area (Å²) >= 11 is 0. The Morgan fingerprint density at radius 3 is 2.89 bits per heavy atom. The number of hydrogen-bond acceptors (Lipinski definition) is 6. The Kier molecular flexibility index (Phi) is 3.60. The maximum atomic E-state index is 4.59. The smallest absolute Gasteiger partial charge is 0.225 e. The zero-order valence-corrected chi connectivity index (χ0v) is 10.7. The Balaban J connectivity index is 1.87. The van der Waals surface area contributed by atoms with Gasteiger partial charge >= 0.3 is 0 Å². The summed E-state index contributed by atoms with van der Waals surface area (Å²) in [5, 5.41) is 3.37. The normalized spacial score (nSPS) is 16.1. The van der Waals surface area contributed by atoms with E-state index < -0.39 is 0 Å². The minimum Gasteiger partial charge on any atom is -0.339 e. The minimum absolute atomic E-state index is 0.770. The highest BCUT2D eigenvalue weighted by Gasteiger charge is 2.13. The van der Waals surface area contributed by atoms with E-state index in [1.165, 1.54) is 0 Å². The lowest BCUT2D eigenvalue weighted by Crippen LogP contribution is -2.29. The van der Waals surface area contributed by atoms with Crippen molar-refractivity contribution in [3.63, 3.8) is 0 Å². The van der Waals surface area contributed by atoms with E-state index in [1.807, 2.05) is 6.07 Å². The first-order valence-corrected chi connectivity index (χ1v) is 6.48. The van der Waals surface area contributed by atoms with E-state index in [0.717, 1.165) is 49.9 Å². The van der Waals surface area contributed by atoms with Crippen LogP contribution in [-0.2, 0) is 0 Å². The Bertz CT molecular complexity index is 522. The molecule has 1 N–H and O–H groups in total. The van der Waals surface area contributed by atoms with Gasteiger partial charge in [-0.25, -0.2) is 9.97 Å². The fourth-order valence-electron chi connectivity index (χ4n) is 2.12. The van der Waals surface area contributed by atoms with Crippen molar-refractivity contribution in [3.8, 4) is 11.4 Å². The molecule has 3 heterocycles. The molecule has 0 unspecified atom stereocenters. The van der Waals surface area contributed by atoms with Gasteiger partial charge in [-0.1, -0.05) is 0 Å². The first kappa shape index (κ1) is 12.0. The predicted octanol–water partition coefficient (Wildman–Crippen LogP) is 0.733. The van der Waals surface area contributed by atoms with Crippen LogP contribution >= 0.6 is 0 Å². The average Bonchev–Trinajstić information content (AvgIpc) is 2.77. The molecule has 98 valence electrons. The van der Waals surface area contributed by atoms with Crippen molar-refractivity contribution in [1.29, 1.82) is 0 Å². The van der Waals surface area contributed by atoms with Gasteiger partial charge < -0.3 is 10.2 Å². The molecule has 0 amide bonds. The van der Waals surface area contributed by atoms with Gasteiger partial charge in [0.2, 0.25) is 5.95 Å². The van der Waals surface area contributed by atoms with E-state index in [4.69, 9.17) is 0 Å². The van der Waals surface area contributed by atoms with Crippen molar-refractivity contribution in [2.24, 2.45) is 0 Å². The van der Waals surface area contributed by atoms with Gasteiger partial charge in [0.1, 0.15) is 5.69 Å². The highest BCUT2D eigenvalue weighted by atomic mass is 15.3.